The summed E-state index contributed by atoms with van der Waals surface area (Å²) in [7, 11) is -1.91. The summed E-state index contributed by atoms with van der Waals surface area (Å²) in [6.45, 7) is 7.37. The van der Waals surface area contributed by atoms with Gasteiger partial charge in [-0.2, -0.15) is 4.31 Å². The third kappa shape index (κ3) is 8.02. The Morgan fingerprint density at radius 1 is 1.06 bits per heavy atom. The number of aliphatic hydroxyl groups is 1. The van der Waals surface area contributed by atoms with Crippen molar-refractivity contribution in [3.63, 3.8) is 0 Å². The minimum absolute atomic E-state index is 0. The van der Waals surface area contributed by atoms with Crippen molar-refractivity contribution in [3.8, 4) is 0 Å². The van der Waals surface area contributed by atoms with E-state index in [1.54, 1.807) is 31.3 Å². The van der Waals surface area contributed by atoms with Gasteiger partial charge in [-0.15, -0.1) is 24.0 Å². The Morgan fingerprint density at radius 2 is 1.69 bits per heavy atom. The quantitative estimate of drug-likeness (QED) is 0.230. The second kappa shape index (κ2) is 13.8. The van der Waals surface area contributed by atoms with Gasteiger partial charge >= 0.3 is 0 Å². The van der Waals surface area contributed by atoms with E-state index in [2.05, 4.69) is 15.6 Å². The van der Waals surface area contributed by atoms with E-state index < -0.39 is 10.0 Å². The predicted molar refractivity (Wildman–Crippen MR) is 141 cm³/mol. The van der Waals surface area contributed by atoms with Gasteiger partial charge in [0.2, 0.25) is 10.0 Å². The van der Waals surface area contributed by atoms with Crippen molar-refractivity contribution in [2.75, 3.05) is 26.7 Å². The summed E-state index contributed by atoms with van der Waals surface area (Å²) in [6.07, 6.45) is 0. The number of hydrogen-bond donors (Lipinski definition) is 3. The van der Waals surface area contributed by atoms with E-state index in [-0.39, 0.29) is 47.4 Å². The van der Waals surface area contributed by atoms with E-state index in [1.165, 1.54) is 4.31 Å². The largest absolute Gasteiger partial charge is 0.396 e. The lowest BCUT2D eigenvalue weighted by Crippen LogP contribution is -2.39. The van der Waals surface area contributed by atoms with E-state index in [4.69, 9.17) is 0 Å². The maximum atomic E-state index is 12.6. The molecule has 9 heteroatoms. The topological polar surface area (TPSA) is 94.0 Å². The van der Waals surface area contributed by atoms with Gasteiger partial charge in [-0.3, -0.25) is 0 Å². The van der Waals surface area contributed by atoms with Gasteiger partial charge in [0.15, 0.2) is 5.96 Å². The fourth-order valence-electron chi connectivity index (χ4n) is 2.96. The molecule has 0 amide bonds. The highest BCUT2D eigenvalue weighted by Gasteiger charge is 2.22. The monoisotopic (exact) mass is 574 g/mol. The van der Waals surface area contributed by atoms with Crippen molar-refractivity contribution in [2.24, 2.45) is 4.99 Å². The second-order valence-electron chi connectivity index (χ2n) is 7.63. The molecule has 2 aromatic rings. The first-order valence-corrected chi connectivity index (χ1v) is 12.0. The van der Waals surface area contributed by atoms with Crippen LogP contribution >= 0.6 is 24.0 Å². The molecule has 2 aromatic carbocycles. The van der Waals surface area contributed by atoms with E-state index >= 15 is 0 Å². The predicted octanol–water partition coefficient (Wildman–Crippen LogP) is 3.16. The fourth-order valence-corrected chi connectivity index (χ4v) is 4.32. The zero-order valence-electron chi connectivity index (χ0n) is 19.2. The molecule has 0 aromatic heterocycles. The molecular formula is C23H35IN4O3S. The van der Waals surface area contributed by atoms with Crippen LogP contribution in [0, 0.1) is 0 Å². The van der Waals surface area contributed by atoms with Crippen LogP contribution in [0.25, 0.3) is 0 Å². The molecule has 1 unspecified atom stereocenters. The lowest BCUT2D eigenvalue weighted by molar-refractivity contribution is 0.265. The summed E-state index contributed by atoms with van der Waals surface area (Å²) in [4.78, 5) is 4.87. The second-order valence-corrected chi connectivity index (χ2v) is 9.62. The number of rotatable bonds is 10. The molecule has 0 radical (unpaired) electrons. The zero-order chi connectivity index (χ0) is 22.9. The Kier molecular flexibility index (Phi) is 12.2. The van der Waals surface area contributed by atoms with E-state index in [0.717, 1.165) is 11.1 Å². The van der Waals surface area contributed by atoms with E-state index in [9.17, 15) is 13.5 Å². The lowest BCUT2D eigenvalue weighted by Gasteiger charge is -2.21. The molecule has 0 aliphatic carbocycles. The lowest BCUT2D eigenvalue weighted by atomic mass is 10.0. The average Bonchev–Trinajstić information content (AvgIpc) is 2.78. The third-order valence-electron chi connectivity index (χ3n) is 5.10. The minimum Gasteiger partial charge on any atom is -0.396 e. The summed E-state index contributed by atoms with van der Waals surface area (Å²) < 4.78 is 26.5. The van der Waals surface area contributed by atoms with Gasteiger partial charge in [-0.25, -0.2) is 13.4 Å². The first-order chi connectivity index (χ1) is 14.8. The number of sulfonamides is 1. The molecule has 0 saturated carbocycles. The SMILES string of the molecule is CCNC(=NCc1ccc(S(=O)(=O)N(C)C(C)C)cc1)NCC(CO)c1ccccc1.I. The van der Waals surface area contributed by atoms with Crippen LogP contribution in [-0.4, -0.2) is 56.6 Å². The van der Waals surface area contributed by atoms with Crippen molar-refractivity contribution in [3.05, 3.63) is 65.7 Å². The van der Waals surface area contributed by atoms with Gasteiger partial charge < -0.3 is 15.7 Å². The van der Waals surface area contributed by atoms with Crippen LogP contribution in [0.4, 0.5) is 0 Å². The highest BCUT2D eigenvalue weighted by molar-refractivity contribution is 14.0. The molecule has 0 bridgehead atoms. The van der Waals surface area contributed by atoms with Crippen LogP contribution in [0.1, 0.15) is 37.8 Å². The first-order valence-electron chi connectivity index (χ1n) is 10.5. The van der Waals surface area contributed by atoms with Crippen molar-refractivity contribution in [1.82, 2.24) is 14.9 Å². The Labute approximate surface area is 209 Å². The first kappa shape index (κ1) is 28.3. The number of aliphatic imine (C=N–C) groups is 1. The molecule has 0 heterocycles. The normalized spacial score (nSPS) is 13.0. The van der Waals surface area contributed by atoms with Gasteiger partial charge in [0.05, 0.1) is 18.0 Å². The molecule has 1 atom stereocenters. The highest BCUT2D eigenvalue weighted by atomic mass is 127. The molecule has 178 valence electrons. The van der Waals surface area contributed by atoms with Gasteiger partial charge in [0, 0.05) is 32.1 Å². The van der Waals surface area contributed by atoms with Gasteiger partial charge in [-0.1, -0.05) is 42.5 Å². The van der Waals surface area contributed by atoms with Gasteiger partial charge in [-0.05, 0) is 44.0 Å². The molecule has 32 heavy (non-hydrogen) atoms. The Balaban J connectivity index is 0.00000512. The van der Waals surface area contributed by atoms with Crippen molar-refractivity contribution in [2.45, 2.75) is 44.2 Å². The number of nitrogens with one attached hydrogen (secondary N) is 2. The molecule has 0 fully saturated rings. The molecule has 3 N–H and O–H groups in total. The number of benzene rings is 2. The number of guanidine groups is 1. The molecule has 0 saturated heterocycles. The van der Waals surface area contributed by atoms with Crippen LogP contribution in [-0.2, 0) is 16.6 Å². The van der Waals surface area contributed by atoms with Crippen LogP contribution in [0.2, 0.25) is 0 Å². The van der Waals surface area contributed by atoms with Crippen LogP contribution in [0.15, 0.2) is 64.5 Å². The van der Waals surface area contributed by atoms with Crippen LogP contribution in [0.5, 0.6) is 0 Å². The molecule has 2 rings (SSSR count). The zero-order valence-corrected chi connectivity index (χ0v) is 22.3. The number of nitrogens with zero attached hydrogens (tertiary/aromatic N) is 2. The van der Waals surface area contributed by atoms with Crippen LogP contribution < -0.4 is 10.6 Å². The molecule has 0 spiro atoms. The summed E-state index contributed by atoms with van der Waals surface area (Å²) in [5.74, 6) is 0.612. The standard InChI is InChI=1S/C23H34N4O3S.HI/c1-5-24-23(26-16-21(17-28)20-9-7-6-8-10-20)25-15-19-11-13-22(14-12-19)31(29,30)27(4)18(2)3;/h6-14,18,21,28H,5,15-17H2,1-4H3,(H2,24,25,26);1H. The molecule has 0 aliphatic heterocycles. The van der Waals surface area contributed by atoms with Crippen molar-refractivity contribution < 1.29 is 13.5 Å². The number of halogens is 1. The summed E-state index contributed by atoms with van der Waals surface area (Å²) in [5, 5.41) is 16.2. The Hall–Kier alpha value is -1.69. The Bertz CT molecular complexity index is 935. The van der Waals surface area contributed by atoms with E-state index in [0.29, 0.717) is 25.6 Å². The Morgan fingerprint density at radius 3 is 2.22 bits per heavy atom. The van der Waals surface area contributed by atoms with Crippen molar-refractivity contribution in [1.29, 1.82) is 0 Å². The van der Waals surface area contributed by atoms with Gasteiger partial charge in [0.1, 0.15) is 0 Å². The molecular weight excluding hydrogens is 539 g/mol. The molecule has 0 aliphatic rings. The molecule has 7 nitrogen and oxygen atoms in total. The maximum Gasteiger partial charge on any atom is 0.243 e. The smallest absolute Gasteiger partial charge is 0.243 e. The highest BCUT2D eigenvalue weighted by Crippen LogP contribution is 2.17. The van der Waals surface area contributed by atoms with Crippen LogP contribution in [0.3, 0.4) is 0 Å². The minimum atomic E-state index is -3.49. The number of hydrogen-bond acceptors (Lipinski definition) is 4. The summed E-state index contributed by atoms with van der Waals surface area (Å²) >= 11 is 0. The van der Waals surface area contributed by atoms with E-state index in [1.807, 2.05) is 51.1 Å². The fraction of sp³-hybridized carbons (Fsp3) is 0.435. The third-order valence-corrected chi connectivity index (χ3v) is 7.15. The summed E-state index contributed by atoms with van der Waals surface area (Å²) in [6, 6.07) is 16.6. The summed E-state index contributed by atoms with van der Waals surface area (Å²) in [5.41, 5.74) is 1.97. The van der Waals surface area contributed by atoms with Gasteiger partial charge in [0.25, 0.3) is 0 Å². The maximum absolute atomic E-state index is 12.6. The number of aliphatic hydroxyl groups excluding tert-OH is 1. The van der Waals surface area contributed by atoms with Crippen molar-refractivity contribution >= 4 is 40.0 Å². The average molecular weight is 575 g/mol.